The van der Waals surface area contributed by atoms with Gasteiger partial charge in [-0.3, -0.25) is 0 Å². The van der Waals surface area contributed by atoms with Crippen LogP contribution in [0.15, 0.2) is 0 Å². The van der Waals surface area contributed by atoms with E-state index in [1.165, 1.54) is 32.1 Å². The molecule has 1 unspecified atom stereocenters. The van der Waals surface area contributed by atoms with E-state index < -0.39 is 0 Å². The van der Waals surface area contributed by atoms with Crippen molar-refractivity contribution in [1.29, 1.82) is 0 Å². The highest BCUT2D eigenvalue weighted by Gasteiger charge is 2.26. The van der Waals surface area contributed by atoms with Crippen molar-refractivity contribution in [1.82, 2.24) is 5.23 Å². The molecule has 1 atom stereocenters. The Balaban J connectivity index is 1.82. The van der Waals surface area contributed by atoms with Crippen LogP contribution in [0.4, 0.5) is 0 Å². The van der Waals surface area contributed by atoms with Crippen molar-refractivity contribution < 1.29 is 4.65 Å². The van der Waals surface area contributed by atoms with Gasteiger partial charge in [0, 0.05) is 12.6 Å². The summed E-state index contributed by atoms with van der Waals surface area (Å²) in [6, 6.07) is 0.621. The molecule has 0 amide bonds. The molecule has 0 bridgehead atoms. The van der Waals surface area contributed by atoms with Crippen molar-refractivity contribution in [3.63, 3.8) is 0 Å². The number of hydrogen-bond donors (Lipinski definition) is 1. The summed E-state index contributed by atoms with van der Waals surface area (Å²) >= 11 is 0. The average molecular weight is 152 g/mol. The van der Waals surface area contributed by atoms with Crippen LogP contribution in [-0.2, 0) is 4.65 Å². The molecule has 1 N–H and O–H groups in total. The summed E-state index contributed by atoms with van der Waals surface area (Å²) in [6.07, 6.45) is 7.07. The smallest absolute Gasteiger partial charge is 0.396 e. The predicted octanol–water partition coefficient (Wildman–Crippen LogP) is 1.09. The first-order valence-electron chi connectivity index (χ1n) is 4.66. The van der Waals surface area contributed by atoms with Crippen molar-refractivity contribution >= 4 is 7.62 Å². The lowest BCUT2D eigenvalue weighted by Gasteiger charge is -2.26. The van der Waals surface area contributed by atoms with Crippen LogP contribution in [0.25, 0.3) is 0 Å². The van der Waals surface area contributed by atoms with E-state index >= 15 is 0 Å². The van der Waals surface area contributed by atoms with Crippen molar-refractivity contribution in [3.05, 3.63) is 0 Å². The summed E-state index contributed by atoms with van der Waals surface area (Å²) in [6.45, 7) is 0.894. The van der Waals surface area contributed by atoms with E-state index in [1.807, 2.05) is 0 Å². The van der Waals surface area contributed by atoms with Gasteiger partial charge in [0.1, 0.15) is 0 Å². The molecule has 1 radical (unpaired) electrons. The first kappa shape index (κ1) is 7.62. The molecule has 0 aromatic carbocycles. The second-order valence-corrected chi connectivity index (χ2v) is 3.62. The monoisotopic (exact) mass is 152 g/mol. The maximum atomic E-state index is 5.17. The summed E-state index contributed by atoms with van der Waals surface area (Å²) in [7, 11) is 1.75. The first-order valence-corrected chi connectivity index (χ1v) is 4.66. The zero-order valence-electron chi connectivity index (χ0n) is 6.88. The first-order chi connectivity index (χ1) is 5.47. The highest BCUT2D eigenvalue weighted by Crippen LogP contribution is 2.27. The summed E-state index contributed by atoms with van der Waals surface area (Å²) in [5.41, 5.74) is 0. The molecule has 1 saturated carbocycles. The zero-order chi connectivity index (χ0) is 7.52. The number of hydrogen-bond acceptors (Lipinski definition) is 2. The maximum absolute atomic E-state index is 5.17. The Morgan fingerprint density at radius 2 is 2.00 bits per heavy atom. The summed E-state index contributed by atoms with van der Waals surface area (Å²) in [5, 5.41) is 3.28. The lowest BCUT2D eigenvalue weighted by molar-refractivity contribution is 0.249. The SMILES string of the molecule is [B]1NC(C2CCCCC2)CO1. The fourth-order valence-electron chi connectivity index (χ4n) is 2.14. The standard InChI is InChI=1S/C8H15BNO/c1-2-4-7(5-3-1)8-6-11-9-10-8/h7-8,10H,1-6H2. The van der Waals surface area contributed by atoms with E-state index in [9.17, 15) is 0 Å². The Hall–Kier alpha value is -0.0151. The second kappa shape index (κ2) is 3.59. The zero-order valence-corrected chi connectivity index (χ0v) is 6.88. The Morgan fingerprint density at radius 1 is 1.18 bits per heavy atom. The molecule has 2 aliphatic rings. The molecule has 1 aliphatic carbocycles. The van der Waals surface area contributed by atoms with E-state index in [1.54, 1.807) is 7.62 Å². The van der Waals surface area contributed by atoms with Gasteiger partial charge in [0.15, 0.2) is 0 Å². The molecular weight excluding hydrogens is 137 g/mol. The maximum Gasteiger partial charge on any atom is 0.396 e. The van der Waals surface area contributed by atoms with Gasteiger partial charge < -0.3 is 9.88 Å². The molecule has 0 aromatic rings. The van der Waals surface area contributed by atoms with Crippen LogP contribution in [0.3, 0.4) is 0 Å². The normalized spacial score (nSPS) is 33.6. The van der Waals surface area contributed by atoms with Crippen LogP contribution < -0.4 is 5.23 Å². The third kappa shape index (κ3) is 1.77. The molecule has 0 aromatic heterocycles. The molecule has 1 heterocycles. The summed E-state index contributed by atoms with van der Waals surface area (Å²) in [5.74, 6) is 0.877. The third-order valence-corrected chi connectivity index (χ3v) is 2.86. The van der Waals surface area contributed by atoms with Gasteiger partial charge in [-0.05, 0) is 18.8 Å². The van der Waals surface area contributed by atoms with Crippen molar-refractivity contribution in [2.75, 3.05) is 6.61 Å². The largest absolute Gasteiger partial charge is 0.423 e. The lowest BCUT2D eigenvalue weighted by Crippen LogP contribution is -2.34. The van der Waals surface area contributed by atoms with Gasteiger partial charge in [-0.15, -0.1) is 0 Å². The van der Waals surface area contributed by atoms with Crippen LogP contribution in [0.1, 0.15) is 32.1 Å². The molecule has 2 fully saturated rings. The minimum Gasteiger partial charge on any atom is -0.423 e. The van der Waals surface area contributed by atoms with Gasteiger partial charge in [-0.25, -0.2) is 0 Å². The third-order valence-electron chi connectivity index (χ3n) is 2.86. The molecule has 3 heteroatoms. The predicted molar refractivity (Wildman–Crippen MR) is 45.2 cm³/mol. The van der Waals surface area contributed by atoms with Crippen LogP contribution in [0, 0.1) is 5.92 Å². The van der Waals surface area contributed by atoms with Gasteiger partial charge >= 0.3 is 7.62 Å². The van der Waals surface area contributed by atoms with E-state index in [0.29, 0.717) is 6.04 Å². The summed E-state index contributed by atoms with van der Waals surface area (Å²) in [4.78, 5) is 0. The summed E-state index contributed by atoms with van der Waals surface area (Å²) < 4.78 is 5.17. The second-order valence-electron chi connectivity index (χ2n) is 3.62. The molecule has 11 heavy (non-hydrogen) atoms. The van der Waals surface area contributed by atoms with Crippen molar-refractivity contribution in [2.45, 2.75) is 38.1 Å². The highest BCUT2D eigenvalue weighted by molar-refractivity contribution is 6.24. The van der Waals surface area contributed by atoms with Gasteiger partial charge in [0.2, 0.25) is 0 Å². The van der Waals surface area contributed by atoms with Gasteiger partial charge in [-0.2, -0.15) is 0 Å². The topological polar surface area (TPSA) is 21.3 Å². The molecular formula is C8H15BNO. The minimum absolute atomic E-state index is 0.621. The Bertz CT molecular complexity index is 119. The molecule has 61 valence electrons. The molecule has 2 nitrogen and oxygen atoms in total. The fourth-order valence-corrected chi connectivity index (χ4v) is 2.14. The number of nitrogens with one attached hydrogen (secondary N) is 1. The van der Waals surface area contributed by atoms with Crippen molar-refractivity contribution in [2.24, 2.45) is 5.92 Å². The minimum atomic E-state index is 0.621. The van der Waals surface area contributed by atoms with Crippen molar-refractivity contribution in [3.8, 4) is 0 Å². The quantitative estimate of drug-likeness (QED) is 0.568. The highest BCUT2D eigenvalue weighted by atomic mass is 16.4. The van der Waals surface area contributed by atoms with Crippen LogP contribution in [-0.4, -0.2) is 20.3 Å². The van der Waals surface area contributed by atoms with E-state index in [0.717, 1.165) is 12.5 Å². The van der Waals surface area contributed by atoms with Gasteiger partial charge in [0.25, 0.3) is 0 Å². The molecule has 1 aliphatic heterocycles. The van der Waals surface area contributed by atoms with E-state index in [2.05, 4.69) is 5.23 Å². The number of rotatable bonds is 1. The lowest BCUT2D eigenvalue weighted by atomic mass is 9.84. The van der Waals surface area contributed by atoms with Gasteiger partial charge in [0.05, 0.1) is 0 Å². The molecule has 0 spiro atoms. The van der Waals surface area contributed by atoms with Crippen LogP contribution in [0.5, 0.6) is 0 Å². The molecule has 2 rings (SSSR count). The van der Waals surface area contributed by atoms with E-state index in [4.69, 9.17) is 4.65 Å². The average Bonchev–Trinajstić information content (AvgIpc) is 2.58. The van der Waals surface area contributed by atoms with E-state index in [-0.39, 0.29) is 0 Å². The fraction of sp³-hybridized carbons (Fsp3) is 1.00. The van der Waals surface area contributed by atoms with Crippen LogP contribution in [0.2, 0.25) is 0 Å². The Labute approximate surface area is 69.0 Å². The van der Waals surface area contributed by atoms with Crippen LogP contribution >= 0.6 is 0 Å². The Morgan fingerprint density at radius 3 is 2.64 bits per heavy atom. The van der Waals surface area contributed by atoms with Gasteiger partial charge in [-0.1, -0.05) is 19.3 Å². The Kier molecular flexibility index (Phi) is 2.49. The molecule has 1 saturated heterocycles.